The molecular weight excluding hydrogens is 246 g/mol. The van der Waals surface area contributed by atoms with Crippen LogP contribution in [-0.2, 0) is 4.79 Å². The molecule has 0 aromatic heterocycles. The third-order valence-corrected chi connectivity index (χ3v) is 5.00. The van der Waals surface area contributed by atoms with Crippen LogP contribution in [0.4, 0.5) is 0 Å². The molecule has 0 aromatic rings. The maximum Gasteiger partial charge on any atom is 0.220 e. The first-order chi connectivity index (χ1) is 8.75. The van der Waals surface area contributed by atoms with Gasteiger partial charge >= 0.3 is 0 Å². The fourth-order valence-electron chi connectivity index (χ4n) is 3.34. The zero-order chi connectivity index (χ0) is 12.8. The number of rotatable bonds is 3. The standard InChI is InChI=1S/C15H26ClNO/c16-13-9-5-6-10-14(13)17-15(18)11-12-7-3-1-2-4-8-12/h12-14H,1-11H2,(H,17,18). The van der Waals surface area contributed by atoms with Crippen LogP contribution in [0.2, 0.25) is 0 Å². The molecule has 2 atom stereocenters. The lowest BCUT2D eigenvalue weighted by atomic mass is 9.93. The van der Waals surface area contributed by atoms with E-state index < -0.39 is 0 Å². The number of amides is 1. The number of hydrogen-bond donors (Lipinski definition) is 1. The van der Waals surface area contributed by atoms with Gasteiger partial charge in [0.25, 0.3) is 0 Å². The Hall–Kier alpha value is -0.240. The highest BCUT2D eigenvalue weighted by Crippen LogP contribution is 2.26. The first-order valence-corrected chi connectivity index (χ1v) is 8.13. The Morgan fingerprint density at radius 2 is 1.56 bits per heavy atom. The Labute approximate surface area is 116 Å². The van der Waals surface area contributed by atoms with Crippen molar-refractivity contribution in [2.75, 3.05) is 0 Å². The van der Waals surface area contributed by atoms with E-state index in [2.05, 4.69) is 5.32 Å². The van der Waals surface area contributed by atoms with Gasteiger partial charge in [-0.05, 0) is 31.6 Å². The number of alkyl halides is 1. The molecule has 2 aliphatic carbocycles. The number of carbonyl (C=O) groups is 1. The van der Waals surface area contributed by atoms with Crippen LogP contribution < -0.4 is 5.32 Å². The molecule has 0 spiro atoms. The van der Waals surface area contributed by atoms with Crippen molar-refractivity contribution >= 4 is 17.5 Å². The Balaban J connectivity index is 1.73. The van der Waals surface area contributed by atoms with Crippen molar-refractivity contribution in [1.29, 1.82) is 0 Å². The molecular formula is C15H26ClNO. The summed E-state index contributed by atoms with van der Waals surface area (Å²) in [6.45, 7) is 0. The van der Waals surface area contributed by atoms with Crippen molar-refractivity contribution < 1.29 is 4.79 Å². The van der Waals surface area contributed by atoms with Gasteiger partial charge in [0.05, 0.1) is 5.38 Å². The third kappa shape index (κ3) is 4.46. The average molecular weight is 272 g/mol. The maximum atomic E-state index is 12.1. The normalized spacial score (nSPS) is 30.7. The van der Waals surface area contributed by atoms with E-state index in [0.717, 1.165) is 19.3 Å². The fraction of sp³-hybridized carbons (Fsp3) is 0.933. The molecule has 0 aromatic carbocycles. The quantitative estimate of drug-likeness (QED) is 0.610. The maximum absolute atomic E-state index is 12.1. The SMILES string of the molecule is O=C(CC1CCCCCC1)NC1CCCCC1Cl. The summed E-state index contributed by atoms with van der Waals surface area (Å²) in [5.41, 5.74) is 0. The third-order valence-electron chi connectivity index (χ3n) is 4.48. The van der Waals surface area contributed by atoms with Gasteiger partial charge in [0, 0.05) is 12.5 Å². The number of hydrogen-bond acceptors (Lipinski definition) is 1. The lowest BCUT2D eigenvalue weighted by Crippen LogP contribution is -2.43. The van der Waals surface area contributed by atoms with Gasteiger partial charge in [-0.2, -0.15) is 0 Å². The van der Waals surface area contributed by atoms with E-state index in [1.165, 1.54) is 51.4 Å². The van der Waals surface area contributed by atoms with Crippen molar-refractivity contribution in [3.63, 3.8) is 0 Å². The van der Waals surface area contributed by atoms with Crippen LogP contribution in [0.25, 0.3) is 0 Å². The molecule has 0 radical (unpaired) electrons. The molecule has 3 heteroatoms. The molecule has 0 bridgehead atoms. The minimum atomic E-state index is 0.150. The summed E-state index contributed by atoms with van der Waals surface area (Å²) in [5.74, 6) is 0.851. The van der Waals surface area contributed by atoms with Gasteiger partial charge < -0.3 is 5.32 Å². The molecule has 2 nitrogen and oxygen atoms in total. The van der Waals surface area contributed by atoms with Gasteiger partial charge in [-0.25, -0.2) is 0 Å². The first kappa shape index (κ1) is 14.2. The van der Waals surface area contributed by atoms with E-state index in [4.69, 9.17) is 11.6 Å². The Morgan fingerprint density at radius 1 is 0.944 bits per heavy atom. The van der Waals surface area contributed by atoms with Crippen LogP contribution >= 0.6 is 11.6 Å². The van der Waals surface area contributed by atoms with Gasteiger partial charge in [-0.15, -0.1) is 11.6 Å². The van der Waals surface area contributed by atoms with Crippen LogP contribution in [0.1, 0.15) is 70.6 Å². The van der Waals surface area contributed by atoms with E-state index >= 15 is 0 Å². The van der Waals surface area contributed by atoms with E-state index in [1.807, 2.05) is 0 Å². The Kier molecular flexibility index (Phi) is 5.81. The highest BCUT2D eigenvalue weighted by molar-refractivity contribution is 6.21. The Bertz CT molecular complexity index is 261. The highest BCUT2D eigenvalue weighted by atomic mass is 35.5. The summed E-state index contributed by atoms with van der Waals surface area (Å²) in [7, 11) is 0. The lowest BCUT2D eigenvalue weighted by molar-refractivity contribution is -0.123. The van der Waals surface area contributed by atoms with Gasteiger partial charge in [0.15, 0.2) is 0 Å². The predicted octanol–water partition coefficient (Wildman–Crippen LogP) is 4.01. The summed E-state index contributed by atoms with van der Waals surface area (Å²) < 4.78 is 0. The van der Waals surface area contributed by atoms with Gasteiger partial charge in [0.2, 0.25) is 5.91 Å². The van der Waals surface area contributed by atoms with Crippen molar-refractivity contribution in [2.24, 2.45) is 5.92 Å². The molecule has 1 N–H and O–H groups in total. The van der Waals surface area contributed by atoms with Crippen LogP contribution in [-0.4, -0.2) is 17.3 Å². The van der Waals surface area contributed by atoms with E-state index in [1.54, 1.807) is 0 Å². The molecule has 2 aliphatic rings. The topological polar surface area (TPSA) is 29.1 Å². The highest BCUT2D eigenvalue weighted by Gasteiger charge is 2.25. The monoisotopic (exact) mass is 271 g/mol. The molecule has 0 aliphatic heterocycles. The zero-order valence-corrected chi connectivity index (χ0v) is 12.1. The first-order valence-electron chi connectivity index (χ1n) is 7.69. The summed E-state index contributed by atoms with van der Waals surface area (Å²) >= 11 is 6.28. The van der Waals surface area contributed by atoms with Gasteiger partial charge in [0.1, 0.15) is 0 Å². The summed E-state index contributed by atoms with van der Waals surface area (Å²) in [6.07, 6.45) is 13.0. The summed E-state index contributed by atoms with van der Waals surface area (Å²) in [4.78, 5) is 12.1. The summed E-state index contributed by atoms with van der Waals surface area (Å²) in [6, 6.07) is 0.221. The van der Waals surface area contributed by atoms with Gasteiger partial charge in [-0.3, -0.25) is 4.79 Å². The van der Waals surface area contributed by atoms with Crippen molar-refractivity contribution in [3.05, 3.63) is 0 Å². The molecule has 2 fully saturated rings. The molecule has 18 heavy (non-hydrogen) atoms. The minimum Gasteiger partial charge on any atom is -0.352 e. The second-order valence-electron chi connectivity index (χ2n) is 6.04. The largest absolute Gasteiger partial charge is 0.352 e. The summed E-state index contributed by atoms with van der Waals surface area (Å²) in [5, 5.41) is 3.32. The van der Waals surface area contributed by atoms with Crippen molar-refractivity contribution in [1.82, 2.24) is 5.32 Å². The fourth-order valence-corrected chi connectivity index (χ4v) is 3.69. The van der Waals surface area contributed by atoms with Crippen LogP contribution in [0.3, 0.4) is 0 Å². The lowest BCUT2D eigenvalue weighted by Gasteiger charge is -2.28. The molecule has 1 amide bonds. The minimum absolute atomic E-state index is 0.150. The zero-order valence-electron chi connectivity index (χ0n) is 11.3. The van der Waals surface area contributed by atoms with E-state index in [9.17, 15) is 4.79 Å². The number of carbonyl (C=O) groups excluding carboxylic acids is 1. The van der Waals surface area contributed by atoms with Crippen LogP contribution in [0.5, 0.6) is 0 Å². The Morgan fingerprint density at radius 3 is 2.22 bits per heavy atom. The molecule has 0 heterocycles. The molecule has 104 valence electrons. The average Bonchev–Trinajstić information content (AvgIpc) is 2.61. The van der Waals surface area contributed by atoms with E-state index in [0.29, 0.717) is 5.92 Å². The number of halogens is 1. The second kappa shape index (κ2) is 7.37. The predicted molar refractivity (Wildman–Crippen MR) is 75.8 cm³/mol. The van der Waals surface area contributed by atoms with Crippen molar-refractivity contribution in [3.8, 4) is 0 Å². The van der Waals surface area contributed by atoms with Crippen molar-refractivity contribution in [2.45, 2.75) is 82.0 Å². The van der Waals surface area contributed by atoms with Crippen LogP contribution in [0.15, 0.2) is 0 Å². The smallest absolute Gasteiger partial charge is 0.220 e. The second-order valence-corrected chi connectivity index (χ2v) is 6.60. The molecule has 2 rings (SSSR count). The van der Waals surface area contributed by atoms with Gasteiger partial charge in [-0.1, -0.05) is 38.5 Å². The van der Waals surface area contributed by atoms with E-state index in [-0.39, 0.29) is 17.3 Å². The molecule has 2 unspecified atom stereocenters. The van der Waals surface area contributed by atoms with Crippen LogP contribution in [0, 0.1) is 5.92 Å². The molecule has 2 saturated carbocycles. The molecule has 0 saturated heterocycles. The number of nitrogens with one attached hydrogen (secondary N) is 1.